The van der Waals surface area contributed by atoms with Crippen molar-refractivity contribution in [1.29, 1.82) is 0 Å². The first-order chi connectivity index (χ1) is 18.0. The zero-order chi connectivity index (χ0) is 27.9. The molecule has 3 rings (SSSR count). The van der Waals surface area contributed by atoms with Crippen molar-refractivity contribution < 1.29 is 27.5 Å². The molecular formula is C28H39FN2O6P+. The van der Waals surface area contributed by atoms with Crippen LogP contribution in [-0.2, 0) is 23.1 Å². The molecule has 0 radical (unpaired) electrons. The highest BCUT2D eigenvalue weighted by atomic mass is 31.1. The molecule has 1 saturated carbocycles. The van der Waals surface area contributed by atoms with Crippen molar-refractivity contribution in [3.05, 3.63) is 46.2 Å². The van der Waals surface area contributed by atoms with Crippen molar-refractivity contribution in [1.82, 2.24) is 4.57 Å². The van der Waals surface area contributed by atoms with Crippen LogP contribution in [-0.4, -0.2) is 23.4 Å². The highest BCUT2D eigenvalue weighted by molar-refractivity contribution is 7.33. The lowest BCUT2D eigenvalue weighted by Gasteiger charge is -2.25. The molecule has 0 amide bonds. The number of pyridine rings is 1. The van der Waals surface area contributed by atoms with Crippen LogP contribution in [0.1, 0.15) is 91.2 Å². The molecule has 0 saturated heterocycles. The summed E-state index contributed by atoms with van der Waals surface area (Å²) in [4.78, 5) is 25.0. The maximum atomic E-state index is 15.1. The van der Waals surface area contributed by atoms with Crippen LogP contribution in [0.3, 0.4) is 0 Å². The van der Waals surface area contributed by atoms with Gasteiger partial charge in [-0.3, -0.25) is 9.59 Å². The Morgan fingerprint density at radius 3 is 2.53 bits per heavy atom. The third-order valence-corrected chi connectivity index (χ3v) is 7.41. The zero-order valence-electron chi connectivity index (χ0n) is 22.9. The van der Waals surface area contributed by atoms with Gasteiger partial charge in [0.15, 0.2) is 11.7 Å². The van der Waals surface area contributed by atoms with Gasteiger partial charge in [-0.25, -0.2) is 8.91 Å². The quantitative estimate of drug-likeness (QED) is 0.135. The maximum Gasteiger partial charge on any atom is 0.753 e. The predicted molar refractivity (Wildman–Crippen MR) is 148 cm³/mol. The number of aromatic nitrogens is 1. The van der Waals surface area contributed by atoms with E-state index in [2.05, 4.69) is 19.2 Å². The monoisotopic (exact) mass is 549 g/mol. The SMILES string of the molecule is CCC(CC)n1cc(/C=C/O[P+](=O)OCOC(=O)C(C)(C)C)c(=O)c2cc(F)c(NC3CCCCC3)cc21. The molecule has 1 heterocycles. The normalized spacial score (nSPS) is 15.3. The Kier molecular flexibility index (Phi) is 10.5. The first-order valence-corrected chi connectivity index (χ1v) is 14.4. The summed E-state index contributed by atoms with van der Waals surface area (Å²) in [7, 11) is -2.62. The standard InChI is InChI=1S/C28H38FN2O6P/c1-6-21(7-2)31-17-19(13-14-36-38(34)37-18-35-27(33)28(3,4)5)26(32)22-15-23(29)24(16-25(22)31)30-20-11-9-8-10-12-20/h13-17,20-21H,6-12,18H2,1-5H3/p+1/b14-13+. The van der Waals surface area contributed by atoms with Gasteiger partial charge in [0, 0.05) is 33.8 Å². The van der Waals surface area contributed by atoms with Crippen molar-refractivity contribution in [3.8, 4) is 0 Å². The summed E-state index contributed by atoms with van der Waals surface area (Å²) >= 11 is 0. The van der Waals surface area contributed by atoms with Crippen LogP contribution in [0.25, 0.3) is 17.0 Å². The van der Waals surface area contributed by atoms with Crippen LogP contribution in [0.2, 0.25) is 0 Å². The maximum absolute atomic E-state index is 15.1. The van der Waals surface area contributed by atoms with Gasteiger partial charge in [-0.15, -0.1) is 0 Å². The molecule has 208 valence electrons. The summed E-state index contributed by atoms with van der Waals surface area (Å²) in [6, 6.07) is 3.36. The van der Waals surface area contributed by atoms with E-state index >= 15 is 4.39 Å². The molecule has 10 heteroatoms. The third kappa shape index (κ3) is 7.64. The molecule has 2 aromatic rings. The van der Waals surface area contributed by atoms with Gasteiger partial charge in [0.2, 0.25) is 6.79 Å². The fourth-order valence-electron chi connectivity index (χ4n) is 4.59. The van der Waals surface area contributed by atoms with E-state index in [0.29, 0.717) is 11.2 Å². The molecular weight excluding hydrogens is 510 g/mol. The molecule has 1 N–H and O–H groups in total. The predicted octanol–water partition coefficient (Wildman–Crippen LogP) is 7.45. The summed E-state index contributed by atoms with van der Waals surface area (Å²) in [5.74, 6) is -0.964. The molecule has 1 unspecified atom stereocenters. The molecule has 1 aliphatic carbocycles. The lowest BCUT2D eigenvalue weighted by Crippen LogP contribution is -2.23. The largest absolute Gasteiger partial charge is 0.753 e. The second-order valence-corrected chi connectivity index (χ2v) is 11.6. The molecule has 0 aliphatic heterocycles. The van der Waals surface area contributed by atoms with Crippen LogP contribution in [0.5, 0.6) is 0 Å². The first kappa shape index (κ1) is 29.8. The average molecular weight is 550 g/mol. The number of nitrogens with zero attached hydrogens (tertiary/aromatic N) is 1. The number of anilines is 1. The summed E-state index contributed by atoms with van der Waals surface area (Å²) in [5.41, 5.74) is 0.264. The van der Waals surface area contributed by atoms with E-state index in [4.69, 9.17) is 13.8 Å². The van der Waals surface area contributed by atoms with Gasteiger partial charge in [0.05, 0.1) is 16.6 Å². The van der Waals surface area contributed by atoms with Crippen LogP contribution < -0.4 is 10.7 Å². The number of nitrogens with one attached hydrogen (secondary N) is 1. The van der Waals surface area contributed by atoms with Crippen molar-refractivity contribution >= 4 is 36.9 Å². The van der Waals surface area contributed by atoms with Crippen molar-refractivity contribution in [2.24, 2.45) is 5.41 Å². The Balaban J connectivity index is 1.83. The molecule has 1 aliphatic rings. The van der Waals surface area contributed by atoms with E-state index in [1.807, 2.05) is 4.57 Å². The smallest absolute Gasteiger partial charge is 0.433 e. The number of fused-ring (bicyclic) bond motifs is 1. The van der Waals surface area contributed by atoms with E-state index in [0.717, 1.165) is 44.8 Å². The lowest BCUT2D eigenvalue weighted by atomic mass is 9.95. The Labute approximate surface area is 224 Å². The number of rotatable bonds is 11. The van der Waals surface area contributed by atoms with Gasteiger partial charge in [-0.2, -0.15) is 0 Å². The minimum absolute atomic E-state index is 0.0941. The van der Waals surface area contributed by atoms with Crippen molar-refractivity contribution in [2.75, 3.05) is 12.1 Å². The number of esters is 1. The molecule has 38 heavy (non-hydrogen) atoms. The molecule has 1 aromatic carbocycles. The summed E-state index contributed by atoms with van der Waals surface area (Å²) in [6.45, 7) is 8.67. The minimum atomic E-state index is -2.62. The molecule has 1 atom stereocenters. The third-order valence-electron chi connectivity index (χ3n) is 6.80. The van der Waals surface area contributed by atoms with Gasteiger partial charge < -0.3 is 14.6 Å². The topological polar surface area (TPSA) is 95.9 Å². The number of ether oxygens (including phenoxy) is 1. The molecule has 1 aromatic heterocycles. The number of hydrogen-bond donors (Lipinski definition) is 1. The van der Waals surface area contributed by atoms with Gasteiger partial charge in [0.25, 0.3) is 0 Å². The van der Waals surface area contributed by atoms with E-state index in [1.165, 1.54) is 18.6 Å². The molecule has 8 nitrogen and oxygen atoms in total. The van der Waals surface area contributed by atoms with E-state index in [1.54, 1.807) is 33.0 Å². The van der Waals surface area contributed by atoms with E-state index in [9.17, 15) is 14.2 Å². The van der Waals surface area contributed by atoms with Gasteiger partial charge in [-0.05, 0) is 64.7 Å². The average Bonchev–Trinajstić information content (AvgIpc) is 2.88. The molecule has 0 bridgehead atoms. The Morgan fingerprint density at radius 2 is 1.89 bits per heavy atom. The van der Waals surface area contributed by atoms with Crippen molar-refractivity contribution in [3.63, 3.8) is 0 Å². The zero-order valence-corrected chi connectivity index (χ0v) is 23.8. The van der Waals surface area contributed by atoms with E-state index < -0.39 is 32.2 Å². The number of carbonyl (C=O) groups is 1. The Bertz CT molecular complexity index is 1230. The summed E-state index contributed by atoms with van der Waals surface area (Å²) < 4.78 is 44.0. The lowest BCUT2D eigenvalue weighted by molar-refractivity contribution is -0.159. The van der Waals surface area contributed by atoms with Gasteiger partial charge in [0.1, 0.15) is 5.82 Å². The molecule has 1 fully saturated rings. The van der Waals surface area contributed by atoms with Crippen LogP contribution in [0.4, 0.5) is 10.1 Å². The summed E-state index contributed by atoms with van der Waals surface area (Å²) in [5, 5.41) is 3.62. The van der Waals surface area contributed by atoms with Crippen molar-refractivity contribution in [2.45, 2.75) is 91.6 Å². The second kappa shape index (κ2) is 13.3. The van der Waals surface area contributed by atoms with Crippen LogP contribution in [0.15, 0.2) is 29.4 Å². The van der Waals surface area contributed by atoms with Gasteiger partial charge in [-0.1, -0.05) is 37.6 Å². The first-order valence-electron chi connectivity index (χ1n) is 13.3. The number of hydrogen-bond acceptors (Lipinski definition) is 7. The van der Waals surface area contributed by atoms with E-state index in [-0.39, 0.29) is 28.5 Å². The fourth-order valence-corrected chi connectivity index (χ4v) is 4.95. The van der Waals surface area contributed by atoms with Crippen LogP contribution in [0, 0.1) is 11.2 Å². The summed E-state index contributed by atoms with van der Waals surface area (Å²) in [6.07, 6.45) is 11.3. The minimum Gasteiger partial charge on any atom is -0.433 e. The number of benzene rings is 1. The molecule has 0 spiro atoms. The number of carbonyl (C=O) groups excluding carboxylic acids is 1. The van der Waals surface area contributed by atoms with Crippen LogP contribution >= 0.6 is 8.25 Å². The Hall–Kier alpha value is -2.77. The fraction of sp³-hybridized carbons (Fsp3) is 0.571. The number of halogens is 1. The Morgan fingerprint density at radius 1 is 1.21 bits per heavy atom. The highest BCUT2D eigenvalue weighted by Crippen LogP contribution is 2.30. The highest BCUT2D eigenvalue weighted by Gasteiger charge is 2.26. The van der Waals surface area contributed by atoms with Gasteiger partial charge >= 0.3 is 14.2 Å². The second-order valence-electron chi connectivity index (χ2n) is 10.7.